The number of amides is 1. The molecule has 1 fully saturated rings. The van der Waals surface area contributed by atoms with Gasteiger partial charge in [-0.15, -0.1) is 0 Å². The van der Waals surface area contributed by atoms with Crippen LogP contribution in [0.15, 0.2) is 24.3 Å². The third kappa shape index (κ3) is 2.29. The Bertz CT molecular complexity index is 536. The van der Waals surface area contributed by atoms with Gasteiger partial charge in [-0.2, -0.15) is 0 Å². The number of carbonyl (C=O) groups excluding carboxylic acids is 1. The summed E-state index contributed by atoms with van der Waals surface area (Å²) in [5.74, 6) is -1.61. The third-order valence-electron chi connectivity index (χ3n) is 4.01. The minimum atomic E-state index is -0.887. The van der Waals surface area contributed by atoms with Gasteiger partial charge in [0.2, 0.25) is 0 Å². The van der Waals surface area contributed by atoms with Gasteiger partial charge in [0.1, 0.15) is 6.10 Å². The smallest absolute Gasteiger partial charge is 0.312 e. The molecule has 0 spiro atoms. The van der Waals surface area contributed by atoms with E-state index in [4.69, 9.17) is 4.74 Å². The molecule has 3 rings (SSSR count). The van der Waals surface area contributed by atoms with E-state index in [2.05, 4.69) is 0 Å². The van der Waals surface area contributed by atoms with Crippen LogP contribution in [-0.4, -0.2) is 41.1 Å². The van der Waals surface area contributed by atoms with Crippen molar-refractivity contribution in [2.24, 2.45) is 0 Å². The van der Waals surface area contributed by atoms with Gasteiger partial charge in [-0.05, 0) is 24.0 Å². The van der Waals surface area contributed by atoms with Gasteiger partial charge < -0.3 is 14.7 Å². The van der Waals surface area contributed by atoms with E-state index >= 15 is 0 Å². The summed E-state index contributed by atoms with van der Waals surface area (Å²) in [4.78, 5) is 25.4. The highest BCUT2D eigenvalue weighted by Gasteiger charge is 2.36. The maximum atomic E-state index is 12.4. The largest absolute Gasteiger partial charge is 0.481 e. The Morgan fingerprint density at radius 2 is 2.10 bits per heavy atom. The summed E-state index contributed by atoms with van der Waals surface area (Å²) in [7, 11) is 0. The SMILES string of the molecule is O=C(O)C1CN(C(=O)C2CCCO2)Cc2ccccc21. The van der Waals surface area contributed by atoms with Gasteiger partial charge in [-0.1, -0.05) is 24.3 Å². The van der Waals surface area contributed by atoms with Gasteiger partial charge in [0.25, 0.3) is 5.91 Å². The van der Waals surface area contributed by atoms with Crippen LogP contribution >= 0.6 is 0 Å². The molecule has 1 aromatic carbocycles. The quantitative estimate of drug-likeness (QED) is 0.885. The average Bonchev–Trinajstić information content (AvgIpc) is 2.99. The van der Waals surface area contributed by atoms with Gasteiger partial charge in [0, 0.05) is 19.7 Å². The first-order valence-corrected chi connectivity index (χ1v) is 6.88. The van der Waals surface area contributed by atoms with Gasteiger partial charge in [0.05, 0.1) is 5.92 Å². The summed E-state index contributed by atoms with van der Waals surface area (Å²) in [5, 5.41) is 9.38. The normalized spacial score (nSPS) is 25.3. The molecule has 20 heavy (non-hydrogen) atoms. The highest BCUT2D eigenvalue weighted by atomic mass is 16.5. The van der Waals surface area contributed by atoms with Crippen molar-refractivity contribution in [3.05, 3.63) is 35.4 Å². The Kier molecular flexibility index (Phi) is 3.44. The molecule has 106 valence electrons. The maximum Gasteiger partial charge on any atom is 0.312 e. The van der Waals surface area contributed by atoms with E-state index in [-0.39, 0.29) is 12.5 Å². The van der Waals surface area contributed by atoms with Crippen molar-refractivity contribution in [1.82, 2.24) is 4.90 Å². The van der Waals surface area contributed by atoms with Crippen LogP contribution in [0.3, 0.4) is 0 Å². The monoisotopic (exact) mass is 275 g/mol. The summed E-state index contributed by atoms with van der Waals surface area (Å²) in [6.45, 7) is 1.31. The summed E-state index contributed by atoms with van der Waals surface area (Å²) < 4.78 is 5.41. The Morgan fingerprint density at radius 3 is 2.80 bits per heavy atom. The van der Waals surface area contributed by atoms with Crippen LogP contribution in [0, 0.1) is 0 Å². The van der Waals surface area contributed by atoms with Crippen LogP contribution in [0.25, 0.3) is 0 Å². The third-order valence-corrected chi connectivity index (χ3v) is 4.01. The van der Waals surface area contributed by atoms with Crippen molar-refractivity contribution in [1.29, 1.82) is 0 Å². The number of aliphatic carboxylic acids is 1. The van der Waals surface area contributed by atoms with E-state index in [9.17, 15) is 14.7 Å². The summed E-state index contributed by atoms with van der Waals surface area (Å²) >= 11 is 0. The number of benzene rings is 1. The molecular formula is C15H17NO4. The van der Waals surface area contributed by atoms with E-state index in [1.165, 1.54) is 0 Å². The highest BCUT2D eigenvalue weighted by Crippen LogP contribution is 2.29. The number of hydrogen-bond acceptors (Lipinski definition) is 3. The van der Waals surface area contributed by atoms with E-state index < -0.39 is 18.0 Å². The number of nitrogens with zero attached hydrogens (tertiary/aromatic N) is 1. The first kappa shape index (κ1) is 13.1. The first-order chi connectivity index (χ1) is 9.66. The lowest BCUT2D eigenvalue weighted by atomic mass is 9.89. The molecule has 1 amide bonds. The number of carbonyl (C=O) groups is 2. The highest BCUT2D eigenvalue weighted by molar-refractivity contribution is 5.84. The second kappa shape index (κ2) is 5.25. The molecule has 1 aromatic rings. The van der Waals surface area contributed by atoms with Crippen molar-refractivity contribution < 1.29 is 19.4 Å². The molecule has 2 unspecified atom stereocenters. The molecule has 2 aliphatic heterocycles. The fourth-order valence-corrected chi connectivity index (χ4v) is 2.96. The predicted molar refractivity (Wildman–Crippen MR) is 71.2 cm³/mol. The lowest BCUT2D eigenvalue weighted by Crippen LogP contribution is -2.44. The number of ether oxygens (including phenoxy) is 1. The maximum absolute atomic E-state index is 12.4. The van der Waals surface area contributed by atoms with Crippen LogP contribution in [0.2, 0.25) is 0 Å². The molecule has 0 aromatic heterocycles. The second-order valence-electron chi connectivity index (χ2n) is 5.31. The van der Waals surface area contributed by atoms with Crippen LogP contribution in [0.4, 0.5) is 0 Å². The standard InChI is InChI=1S/C15H17NO4/c17-14(13-6-3-7-20-13)16-8-10-4-1-2-5-11(10)12(9-16)15(18)19/h1-2,4-5,12-13H,3,6-9H2,(H,18,19). The van der Waals surface area contributed by atoms with Crippen LogP contribution in [0.1, 0.15) is 29.9 Å². The molecule has 1 saturated heterocycles. The van der Waals surface area contributed by atoms with E-state index in [0.29, 0.717) is 13.2 Å². The number of hydrogen-bond donors (Lipinski definition) is 1. The average molecular weight is 275 g/mol. The van der Waals surface area contributed by atoms with Crippen molar-refractivity contribution in [3.8, 4) is 0 Å². The molecule has 2 aliphatic rings. The van der Waals surface area contributed by atoms with Gasteiger partial charge in [-0.25, -0.2) is 0 Å². The first-order valence-electron chi connectivity index (χ1n) is 6.88. The number of fused-ring (bicyclic) bond motifs is 1. The molecule has 1 N–H and O–H groups in total. The number of rotatable bonds is 2. The fourth-order valence-electron chi connectivity index (χ4n) is 2.96. The molecule has 0 saturated carbocycles. The molecule has 0 radical (unpaired) electrons. The van der Waals surface area contributed by atoms with Crippen LogP contribution in [-0.2, 0) is 20.9 Å². The Balaban J connectivity index is 1.86. The molecular weight excluding hydrogens is 258 g/mol. The van der Waals surface area contributed by atoms with Crippen molar-refractivity contribution in [2.45, 2.75) is 31.4 Å². The number of carboxylic acid groups (broad SMARTS) is 1. The van der Waals surface area contributed by atoms with Crippen LogP contribution < -0.4 is 0 Å². The zero-order chi connectivity index (χ0) is 14.1. The van der Waals surface area contributed by atoms with Gasteiger partial charge in [-0.3, -0.25) is 9.59 Å². The molecule has 2 atom stereocenters. The number of carboxylic acids is 1. The lowest BCUT2D eigenvalue weighted by molar-refractivity contribution is -0.145. The molecule has 5 heteroatoms. The van der Waals surface area contributed by atoms with Crippen LogP contribution in [0.5, 0.6) is 0 Å². The van der Waals surface area contributed by atoms with E-state index in [1.54, 1.807) is 4.90 Å². The van der Waals surface area contributed by atoms with Gasteiger partial charge >= 0.3 is 5.97 Å². The Morgan fingerprint density at radius 1 is 1.30 bits per heavy atom. The second-order valence-corrected chi connectivity index (χ2v) is 5.31. The minimum Gasteiger partial charge on any atom is -0.481 e. The van der Waals surface area contributed by atoms with E-state index in [1.807, 2.05) is 24.3 Å². The topological polar surface area (TPSA) is 66.8 Å². The summed E-state index contributed by atoms with van der Waals surface area (Å²) in [6.07, 6.45) is 1.23. The molecule has 0 bridgehead atoms. The Labute approximate surface area is 117 Å². The fraction of sp³-hybridized carbons (Fsp3) is 0.467. The van der Waals surface area contributed by atoms with Crippen molar-refractivity contribution in [2.75, 3.05) is 13.2 Å². The summed E-state index contributed by atoms with van der Waals surface area (Å²) in [5.41, 5.74) is 1.73. The zero-order valence-electron chi connectivity index (χ0n) is 11.1. The minimum absolute atomic E-state index is 0.0803. The van der Waals surface area contributed by atoms with Crippen molar-refractivity contribution >= 4 is 11.9 Å². The predicted octanol–water partition coefficient (Wildman–Crippen LogP) is 1.38. The van der Waals surface area contributed by atoms with Gasteiger partial charge in [0.15, 0.2) is 0 Å². The van der Waals surface area contributed by atoms with E-state index in [0.717, 1.165) is 24.0 Å². The zero-order valence-corrected chi connectivity index (χ0v) is 11.1. The lowest BCUT2D eigenvalue weighted by Gasteiger charge is -2.34. The van der Waals surface area contributed by atoms with Crippen molar-refractivity contribution in [3.63, 3.8) is 0 Å². The molecule has 5 nitrogen and oxygen atoms in total. The summed E-state index contributed by atoms with van der Waals surface area (Å²) in [6, 6.07) is 7.44. The molecule has 2 heterocycles. The Hall–Kier alpha value is -1.88. The molecule has 0 aliphatic carbocycles.